The van der Waals surface area contributed by atoms with Crippen LogP contribution in [0.3, 0.4) is 0 Å². The molecule has 0 aliphatic carbocycles. The maximum atomic E-state index is 12.2. The van der Waals surface area contributed by atoms with Crippen molar-refractivity contribution in [3.63, 3.8) is 0 Å². The van der Waals surface area contributed by atoms with Crippen molar-refractivity contribution in [1.82, 2.24) is 4.90 Å². The highest BCUT2D eigenvalue weighted by Crippen LogP contribution is 2.23. The molecule has 1 heterocycles. The van der Waals surface area contributed by atoms with Gasteiger partial charge in [-0.05, 0) is 38.0 Å². The van der Waals surface area contributed by atoms with Crippen LogP contribution >= 0.6 is 0 Å². The van der Waals surface area contributed by atoms with E-state index < -0.39 is 15.9 Å². The quantitative estimate of drug-likeness (QED) is 0.812. The standard InChI is InChI=1S/C14H21N3O3S/c1-10(14(18)17-7-3-4-8-17)16-13-6-5-11(9-12(13)15)21(2,19)20/h5-6,9-10,16H,3-4,7-8,15H2,1-2H3. The maximum Gasteiger partial charge on any atom is 0.244 e. The van der Waals surface area contributed by atoms with Crippen molar-refractivity contribution in [2.75, 3.05) is 30.4 Å². The van der Waals surface area contributed by atoms with Gasteiger partial charge in [-0.15, -0.1) is 0 Å². The first-order valence-corrected chi connectivity index (χ1v) is 8.83. The van der Waals surface area contributed by atoms with Crippen LogP contribution in [0.15, 0.2) is 23.1 Å². The fraction of sp³-hybridized carbons (Fsp3) is 0.500. The third-order valence-electron chi connectivity index (χ3n) is 3.61. The number of rotatable bonds is 4. The van der Waals surface area contributed by atoms with Gasteiger partial charge in [0, 0.05) is 19.3 Å². The molecule has 1 aromatic carbocycles. The van der Waals surface area contributed by atoms with Crippen LogP contribution in [-0.2, 0) is 14.6 Å². The second kappa shape index (κ2) is 5.93. The maximum absolute atomic E-state index is 12.2. The van der Waals surface area contributed by atoms with Crippen LogP contribution in [0.2, 0.25) is 0 Å². The minimum Gasteiger partial charge on any atom is -0.397 e. The average Bonchev–Trinajstić information content (AvgIpc) is 2.92. The van der Waals surface area contributed by atoms with Gasteiger partial charge in [0.2, 0.25) is 5.91 Å². The Morgan fingerprint density at radius 3 is 2.48 bits per heavy atom. The van der Waals surface area contributed by atoms with E-state index in [4.69, 9.17) is 5.73 Å². The van der Waals surface area contributed by atoms with Crippen LogP contribution in [0, 0.1) is 0 Å². The molecule has 6 nitrogen and oxygen atoms in total. The number of amides is 1. The number of nitrogens with zero attached hydrogens (tertiary/aromatic N) is 1. The van der Waals surface area contributed by atoms with Crippen molar-refractivity contribution >= 4 is 27.1 Å². The first-order valence-electron chi connectivity index (χ1n) is 6.94. The van der Waals surface area contributed by atoms with Crippen molar-refractivity contribution in [1.29, 1.82) is 0 Å². The lowest BCUT2D eigenvalue weighted by Gasteiger charge is -2.22. The summed E-state index contributed by atoms with van der Waals surface area (Å²) in [6, 6.07) is 4.10. The molecule has 2 rings (SSSR count). The molecule has 1 unspecified atom stereocenters. The molecule has 1 aromatic rings. The molecule has 1 fully saturated rings. The fourth-order valence-electron chi connectivity index (χ4n) is 2.41. The third-order valence-corrected chi connectivity index (χ3v) is 4.72. The molecule has 1 aliphatic rings. The summed E-state index contributed by atoms with van der Waals surface area (Å²) in [5.74, 6) is 0.0408. The normalized spacial score (nSPS) is 16.8. The number of sulfone groups is 1. The summed E-state index contributed by atoms with van der Waals surface area (Å²) in [6.07, 6.45) is 3.22. The van der Waals surface area contributed by atoms with Gasteiger partial charge in [0.15, 0.2) is 9.84 Å². The van der Waals surface area contributed by atoms with Crippen LogP contribution in [0.4, 0.5) is 11.4 Å². The number of anilines is 2. The second-order valence-corrected chi connectivity index (χ2v) is 7.44. The van der Waals surface area contributed by atoms with E-state index in [0.717, 1.165) is 32.2 Å². The number of carbonyl (C=O) groups excluding carboxylic acids is 1. The van der Waals surface area contributed by atoms with Crippen LogP contribution in [-0.4, -0.2) is 44.6 Å². The van der Waals surface area contributed by atoms with E-state index in [9.17, 15) is 13.2 Å². The largest absolute Gasteiger partial charge is 0.397 e. The van der Waals surface area contributed by atoms with Gasteiger partial charge < -0.3 is 16.0 Å². The van der Waals surface area contributed by atoms with Crippen molar-refractivity contribution in [2.24, 2.45) is 0 Å². The number of nitrogens with two attached hydrogens (primary N) is 1. The minimum atomic E-state index is -3.28. The number of nitrogens with one attached hydrogen (secondary N) is 1. The molecule has 0 saturated carbocycles. The Kier molecular flexibility index (Phi) is 4.41. The zero-order chi connectivity index (χ0) is 15.6. The zero-order valence-electron chi connectivity index (χ0n) is 12.3. The lowest BCUT2D eigenvalue weighted by Crippen LogP contribution is -2.39. The number of likely N-dealkylation sites (tertiary alicyclic amines) is 1. The molecule has 0 spiro atoms. The van der Waals surface area contributed by atoms with Gasteiger partial charge in [-0.2, -0.15) is 0 Å². The summed E-state index contributed by atoms with van der Waals surface area (Å²) < 4.78 is 22.9. The van der Waals surface area contributed by atoms with E-state index in [1.807, 2.05) is 4.90 Å². The Morgan fingerprint density at radius 2 is 1.95 bits per heavy atom. The first-order chi connectivity index (χ1) is 9.79. The molecular weight excluding hydrogens is 290 g/mol. The first kappa shape index (κ1) is 15.6. The van der Waals surface area contributed by atoms with Crippen LogP contribution in [0.5, 0.6) is 0 Å². The Balaban J connectivity index is 2.10. The van der Waals surface area contributed by atoms with Gasteiger partial charge in [0.25, 0.3) is 0 Å². The van der Waals surface area contributed by atoms with Crippen molar-refractivity contribution in [2.45, 2.75) is 30.7 Å². The molecule has 1 amide bonds. The van der Waals surface area contributed by atoms with E-state index in [-0.39, 0.29) is 10.8 Å². The van der Waals surface area contributed by atoms with Gasteiger partial charge in [0.1, 0.15) is 6.04 Å². The van der Waals surface area contributed by atoms with E-state index in [2.05, 4.69) is 5.32 Å². The summed E-state index contributed by atoms with van der Waals surface area (Å²) >= 11 is 0. The molecular formula is C14H21N3O3S. The fourth-order valence-corrected chi connectivity index (χ4v) is 3.07. The molecule has 21 heavy (non-hydrogen) atoms. The number of hydrogen-bond acceptors (Lipinski definition) is 5. The Labute approximate surface area is 125 Å². The monoisotopic (exact) mass is 311 g/mol. The summed E-state index contributed by atoms with van der Waals surface area (Å²) in [7, 11) is -3.28. The molecule has 3 N–H and O–H groups in total. The Hall–Kier alpha value is -1.76. The average molecular weight is 311 g/mol. The van der Waals surface area contributed by atoms with E-state index in [0.29, 0.717) is 11.4 Å². The van der Waals surface area contributed by atoms with Gasteiger partial charge in [0.05, 0.1) is 16.3 Å². The van der Waals surface area contributed by atoms with Gasteiger partial charge >= 0.3 is 0 Å². The van der Waals surface area contributed by atoms with Gasteiger partial charge in [-0.1, -0.05) is 0 Å². The number of hydrogen-bond donors (Lipinski definition) is 2. The van der Waals surface area contributed by atoms with Crippen LogP contribution in [0.1, 0.15) is 19.8 Å². The SMILES string of the molecule is CC(Nc1ccc(S(C)(=O)=O)cc1N)C(=O)N1CCCC1. The molecule has 1 saturated heterocycles. The molecule has 1 atom stereocenters. The molecule has 1 aliphatic heterocycles. The van der Waals surface area contributed by atoms with E-state index in [1.165, 1.54) is 12.1 Å². The lowest BCUT2D eigenvalue weighted by molar-refractivity contribution is -0.130. The minimum absolute atomic E-state index is 0.0408. The van der Waals surface area contributed by atoms with Crippen molar-refractivity contribution in [3.8, 4) is 0 Å². The predicted molar refractivity (Wildman–Crippen MR) is 82.9 cm³/mol. The van der Waals surface area contributed by atoms with Gasteiger partial charge in [-0.3, -0.25) is 4.79 Å². The molecule has 116 valence electrons. The molecule has 0 bridgehead atoms. The summed E-state index contributed by atoms with van der Waals surface area (Å²) in [6.45, 7) is 3.38. The summed E-state index contributed by atoms with van der Waals surface area (Å²) in [5, 5.41) is 3.05. The topological polar surface area (TPSA) is 92.5 Å². The highest BCUT2D eigenvalue weighted by Gasteiger charge is 2.23. The number of benzene rings is 1. The van der Waals surface area contributed by atoms with E-state index in [1.54, 1.807) is 13.0 Å². The Bertz CT molecular complexity index is 637. The van der Waals surface area contributed by atoms with Crippen molar-refractivity contribution < 1.29 is 13.2 Å². The number of nitrogen functional groups attached to an aromatic ring is 1. The summed E-state index contributed by atoms with van der Waals surface area (Å²) in [4.78, 5) is 14.2. The Morgan fingerprint density at radius 1 is 1.33 bits per heavy atom. The van der Waals surface area contributed by atoms with E-state index >= 15 is 0 Å². The van der Waals surface area contributed by atoms with Crippen LogP contribution < -0.4 is 11.1 Å². The van der Waals surface area contributed by atoms with Crippen molar-refractivity contribution in [3.05, 3.63) is 18.2 Å². The molecule has 0 aromatic heterocycles. The second-order valence-electron chi connectivity index (χ2n) is 5.42. The van der Waals surface area contributed by atoms with Gasteiger partial charge in [-0.25, -0.2) is 8.42 Å². The predicted octanol–water partition coefficient (Wildman–Crippen LogP) is 1.10. The highest BCUT2D eigenvalue weighted by molar-refractivity contribution is 7.90. The third kappa shape index (κ3) is 3.66. The van der Waals surface area contributed by atoms with Crippen LogP contribution in [0.25, 0.3) is 0 Å². The number of carbonyl (C=O) groups is 1. The smallest absolute Gasteiger partial charge is 0.244 e. The molecule has 7 heteroatoms. The highest BCUT2D eigenvalue weighted by atomic mass is 32.2. The lowest BCUT2D eigenvalue weighted by atomic mass is 10.2. The molecule has 0 radical (unpaired) electrons. The summed E-state index contributed by atoms with van der Waals surface area (Å²) in [5.41, 5.74) is 6.76. The zero-order valence-corrected chi connectivity index (χ0v) is 13.1.